The van der Waals surface area contributed by atoms with Crippen LogP contribution in [0.15, 0.2) is 35.0 Å². The lowest BCUT2D eigenvalue weighted by Crippen LogP contribution is -2.34. The van der Waals surface area contributed by atoms with Crippen LogP contribution in [-0.4, -0.2) is 31.9 Å². The normalized spacial score (nSPS) is 28.0. The first kappa shape index (κ1) is 19.8. The Morgan fingerprint density at radius 1 is 1.43 bits per heavy atom. The first-order valence-electron chi connectivity index (χ1n) is 8.44. The summed E-state index contributed by atoms with van der Waals surface area (Å²) in [5, 5.41) is 0. The van der Waals surface area contributed by atoms with Crippen LogP contribution < -0.4 is 0 Å². The van der Waals surface area contributed by atoms with E-state index in [-0.39, 0.29) is 18.0 Å². The van der Waals surface area contributed by atoms with E-state index in [4.69, 9.17) is 9.47 Å². The summed E-state index contributed by atoms with van der Waals surface area (Å²) in [6, 6.07) is 0. The van der Waals surface area contributed by atoms with Crippen LogP contribution in [0, 0.1) is 11.8 Å². The van der Waals surface area contributed by atoms with Gasteiger partial charge in [-0.15, -0.1) is 0 Å². The van der Waals surface area contributed by atoms with Crippen molar-refractivity contribution in [1.29, 1.82) is 0 Å². The standard InChI is InChI=1S/C19H32FNO2/c1-8-16-14(4)11-23-12-17(15(5)19(16)20)21(6)18(22-7)10-9-13(2)3/h8,12-14,18H,9-11H2,1-7H3/b16-8?,17-12+,19-15+/t14-,18+/m1/s1. The van der Waals surface area contributed by atoms with E-state index in [1.165, 1.54) is 0 Å². The molecule has 0 fully saturated rings. The van der Waals surface area contributed by atoms with Crippen LogP contribution in [0.5, 0.6) is 0 Å². The van der Waals surface area contributed by atoms with Gasteiger partial charge in [-0.05, 0) is 38.2 Å². The Hall–Kier alpha value is -1.29. The van der Waals surface area contributed by atoms with Gasteiger partial charge < -0.3 is 14.4 Å². The number of hydrogen-bond acceptors (Lipinski definition) is 3. The number of allylic oxidation sites excluding steroid dienone is 3. The zero-order valence-electron chi connectivity index (χ0n) is 15.6. The predicted molar refractivity (Wildman–Crippen MR) is 93.4 cm³/mol. The van der Waals surface area contributed by atoms with Gasteiger partial charge >= 0.3 is 0 Å². The predicted octanol–water partition coefficient (Wildman–Crippen LogP) is 5.02. The Labute approximate surface area is 140 Å². The van der Waals surface area contributed by atoms with Crippen LogP contribution in [-0.2, 0) is 9.47 Å². The fraction of sp³-hybridized carbons (Fsp3) is 0.684. The molecule has 4 heteroatoms. The molecule has 0 aromatic rings. The van der Waals surface area contributed by atoms with E-state index in [2.05, 4.69) is 13.8 Å². The molecule has 0 bridgehead atoms. The van der Waals surface area contributed by atoms with Gasteiger partial charge in [-0.25, -0.2) is 4.39 Å². The van der Waals surface area contributed by atoms with Gasteiger partial charge in [0.25, 0.3) is 0 Å². The maximum absolute atomic E-state index is 14.9. The Morgan fingerprint density at radius 3 is 2.61 bits per heavy atom. The third-order valence-corrected chi connectivity index (χ3v) is 4.43. The highest BCUT2D eigenvalue weighted by atomic mass is 19.1. The van der Waals surface area contributed by atoms with Crippen molar-refractivity contribution in [3.63, 3.8) is 0 Å². The van der Waals surface area contributed by atoms with Crippen LogP contribution in [0.1, 0.15) is 47.5 Å². The fourth-order valence-electron chi connectivity index (χ4n) is 2.85. The topological polar surface area (TPSA) is 21.7 Å². The summed E-state index contributed by atoms with van der Waals surface area (Å²) in [6.45, 7) is 10.5. The quantitative estimate of drug-likeness (QED) is 0.640. The summed E-state index contributed by atoms with van der Waals surface area (Å²) in [5.41, 5.74) is 2.04. The number of rotatable bonds is 6. The van der Waals surface area contributed by atoms with Gasteiger partial charge in [-0.2, -0.15) is 0 Å². The second-order valence-electron chi connectivity index (χ2n) is 6.69. The maximum Gasteiger partial charge on any atom is 0.131 e. The number of halogens is 1. The minimum absolute atomic E-state index is 0.0391. The Morgan fingerprint density at radius 2 is 2.09 bits per heavy atom. The molecule has 0 spiro atoms. The lowest BCUT2D eigenvalue weighted by molar-refractivity contribution is -0.00914. The van der Waals surface area contributed by atoms with E-state index >= 15 is 0 Å². The summed E-state index contributed by atoms with van der Waals surface area (Å²) in [7, 11) is 3.63. The minimum atomic E-state index is -0.153. The van der Waals surface area contributed by atoms with Gasteiger partial charge in [0.2, 0.25) is 0 Å². The van der Waals surface area contributed by atoms with Gasteiger partial charge in [0.1, 0.15) is 18.3 Å². The number of ether oxygens (including phenoxy) is 2. The smallest absolute Gasteiger partial charge is 0.131 e. The van der Waals surface area contributed by atoms with Gasteiger partial charge in [0, 0.05) is 25.6 Å². The number of nitrogens with zero attached hydrogens (tertiary/aromatic N) is 1. The molecule has 0 N–H and O–H groups in total. The highest BCUT2D eigenvalue weighted by molar-refractivity contribution is 5.40. The summed E-state index contributed by atoms with van der Waals surface area (Å²) in [6.07, 6.45) is 5.35. The highest BCUT2D eigenvalue weighted by Crippen LogP contribution is 2.32. The molecule has 1 heterocycles. The van der Waals surface area contributed by atoms with Crippen molar-refractivity contribution < 1.29 is 13.9 Å². The van der Waals surface area contributed by atoms with Crippen LogP contribution >= 0.6 is 0 Å². The average molecular weight is 325 g/mol. The lowest BCUT2D eigenvalue weighted by Gasteiger charge is -2.33. The van der Waals surface area contributed by atoms with E-state index in [0.29, 0.717) is 23.7 Å². The summed E-state index contributed by atoms with van der Waals surface area (Å²) in [4.78, 5) is 1.97. The third kappa shape index (κ3) is 5.10. The number of likely N-dealkylation sites (N-methyl/N-ethyl adjacent to an activating group) is 1. The minimum Gasteiger partial charge on any atom is -0.498 e. The van der Waals surface area contributed by atoms with Crippen molar-refractivity contribution in [3.05, 3.63) is 35.0 Å². The van der Waals surface area contributed by atoms with E-state index in [0.717, 1.165) is 18.5 Å². The van der Waals surface area contributed by atoms with Crippen molar-refractivity contribution in [2.45, 2.75) is 53.7 Å². The van der Waals surface area contributed by atoms with E-state index < -0.39 is 0 Å². The zero-order chi connectivity index (χ0) is 17.6. The molecule has 132 valence electrons. The summed E-state index contributed by atoms with van der Waals surface area (Å²) >= 11 is 0. The first-order chi connectivity index (χ1) is 10.8. The average Bonchev–Trinajstić information content (AvgIpc) is 2.50. The molecule has 0 radical (unpaired) electrons. The molecule has 1 rings (SSSR count). The molecule has 0 aliphatic carbocycles. The molecule has 0 unspecified atom stereocenters. The Bertz CT molecular complexity index is 480. The van der Waals surface area contributed by atoms with Crippen molar-refractivity contribution in [3.8, 4) is 0 Å². The highest BCUT2D eigenvalue weighted by Gasteiger charge is 2.25. The SMILES string of the molecule is CC=C1/C(F)=C(C)\C(N(C)[C@H](CCC(C)C)OC)=C/OC[C@H]1C. The Kier molecular flexibility index (Phi) is 7.83. The summed E-state index contributed by atoms with van der Waals surface area (Å²) in [5.74, 6) is 0.491. The second-order valence-corrected chi connectivity index (χ2v) is 6.69. The second kappa shape index (κ2) is 9.11. The number of hydrogen-bond donors (Lipinski definition) is 0. The van der Waals surface area contributed by atoms with E-state index in [1.54, 1.807) is 20.3 Å². The Balaban J connectivity index is 3.08. The van der Waals surface area contributed by atoms with E-state index in [1.807, 2.05) is 31.9 Å². The van der Waals surface area contributed by atoms with Crippen LogP contribution in [0.2, 0.25) is 0 Å². The molecule has 0 aromatic carbocycles. The molecular formula is C19H32FNO2. The molecule has 0 aromatic heterocycles. The molecule has 0 amide bonds. The van der Waals surface area contributed by atoms with Gasteiger partial charge in [0.05, 0.1) is 12.3 Å². The maximum atomic E-state index is 14.9. The van der Waals surface area contributed by atoms with Crippen molar-refractivity contribution in [1.82, 2.24) is 4.90 Å². The van der Waals surface area contributed by atoms with Crippen molar-refractivity contribution in [2.24, 2.45) is 11.8 Å². The monoisotopic (exact) mass is 325 g/mol. The zero-order valence-corrected chi connectivity index (χ0v) is 15.6. The fourth-order valence-corrected chi connectivity index (χ4v) is 2.85. The van der Waals surface area contributed by atoms with E-state index in [9.17, 15) is 4.39 Å². The van der Waals surface area contributed by atoms with Gasteiger partial charge in [-0.3, -0.25) is 0 Å². The largest absolute Gasteiger partial charge is 0.498 e. The number of methoxy groups -OCH3 is 1. The molecule has 3 nitrogen and oxygen atoms in total. The molecule has 23 heavy (non-hydrogen) atoms. The molecular weight excluding hydrogens is 293 g/mol. The molecule has 2 atom stereocenters. The molecule has 1 aliphatic rings. The lowest BCUT2D eigenvalue weighted by atomic mass is 9.96. The first-order valence-corrected chi connectivity index (χ1v) is 8.44. The van der Waals surface area contributed by atoms with Crippen LogP contribution in [0.25, 0.3) is 0 Å². The van der Waals surface area contributed by atoms with Crippen molar-refractivity contribution in [2.75, 3.05) is 20.8 Å². The molecule has 0 saturated carbocycles. The van der Waals surface area contributed by atoms with Crippen LogP contribution in [0.4, 0.5) is 4.39 Å². The van der Waals surface area contributed by atoms with Crippen molar-refractivity contribution >= 4 is 0 Å². The summed E-state index contributed by atoms with van der Waals surface area (Å²) < 4.78 is 26.2. The third-order valence-electron chi connectivity index (χ3n) is 4.43. The van der Waals surface area contributed by atoms with Crippen LogP contribution in [0.3, 0.4) is 0 Å². The molecule has 0 saturated heterocycles. The van der Waals surface area contributed by atoms with Gasteiger partial charge in [0.15, 0.2) is 0 Å². The molecule has 1 aliphatic heterocycles. The van der Waals surface area contributed by atoms with Gasteiger partial charge in [-0.1, -0.05) is 26.8 Å².